The first-order valence-corrected chi connectivity index (χ1v) is 10.2. The second-order valence-electron chi connectivity index (χ2n) is 6.63. The summed E-state index contributed by atoms with van der Waals surface area (Å²) in [4.78, 5) is 5.99. The van der Waals surface area contributed by atoms with E-state index < -0.39 is 0 Å². The second-order valence-corrected chi connectivity index (χ2v) is 7.64. The van der Waals surface area contributed by atoms with Gasteiger partial charge in [0.15, 0.2) is 4.96 Å². The second kappa shape index (κ2) is 7.12. The lowest BCUT2D eigenvalue weighted by Crippen LogP contribution is -1.91. The topological polar surface area (TPSA) is 26.5 Å². The van der Waals surface area contributed by atoms with Crippen molar-refractivity contribution < 1.29 is 4.74 Å². The summed E-state index contributed by atoms with van der Waals surface area (Å²) < 4.78 is 9.15. The maximum Gasteiger partial charge on any atom is 0.195 e. The third-order valence-electron chi connectivity index (χ3n) is 4.80. The molecule has 0 radical (unpaired) electrons. The van der Waals surface area contributed by atoms with E-state index in [4.69, 9.17) is 9.72 Å². The fourth-order valence-electron chi connectivity index (χ4n) is 3.44. The predicted octanol–water partition coefficient (Wildman–Crippen LogP) is 6.27. The Labute approximate surface area is 158 Å². The third-order valence-corrected chi connectivity index (χ3v) is 5.80. The summed E-state index contributed by atoms with van der Waals surface area (Å²) >= 11 is 1.78. The number of rotatable bonds is 6. The van der Waals surface area contributed by atoms with Gasteiger partial charge in [-0.05, 0) is 68.7 Å². The maximum atomic E-state index is 5.54. The average Bonchev–Trinajstić information content (AvgIpc) is 3.17. The molecule has 0 saturated carbocycles. The monoisotopic (exact) mass is 364 g/mol. The van der Waals surface area contributed by atoms with Crippen LogP contribution in [0.5, 0.6) is 5.75 Å². The van der Waals surface area contributed by atoms with Crippen LogP contribution in [0.4, 0.5) is 0 Å². The lowest BCUT2D eigenvalue weighted by molar-refractivity contribution is 0.340. The van der Waals surface area contributed by atoms with Gasteiger partial charge in [-0.25, -0.2) is 4.98 Å². The van der Waals surface area contributed by atoms with Crippen molar-refractivity contribution in [3.8, 4) is 17.0 Å². The lowest BCUT2D eigenvalue weighted by atomic mass is 10.1. The Morgan fingerprint density at radius 2 is 1.88 bits per heavy atom. The summed E-state index contributed by atoms with van der Waals surface area (Å²) in [6.45, 7) is 7.08. The molecule has 0 spiro atoms. The highest BCUT2D eigenvalue weighted by Crippen LogP contribution is 2.33. The number of ether oxygens (including phenoxy) is 1. The van der Waals surface area contributed by atoms with E-state index in [1.54, 1.807) is 11.3 Å². The Morgan fingerprint density at radius 1 is 1.08 bits per heavy atom. The molecule has 26 heavy (non-hydrogen) atoms. The van der Waals surface area contributed by atoms with Gasteiger partial charge in [-0.15, -0.1) is 0 Å². The number of aromatic nitrogens is 2. The average molecular weight is 365 g/mol. The van der Waals surface area contributed by atoms with Crippen molar-refractivity contribution in [3.05, 3.63) is 53.7 Å². The SMILES string of the molecule is CCCCc1ccc2c(c1)sc1nc(-c3ccc(OCC)cc3)c(C)n12. The molecule has 0 aliphatic rings. The van der Waals surface area contributed by atoms with Gasteiger partial charge in [-0.1, -0.05) is 30.7 Å². The highest BCUT2D eigenvalue weighted by molar-refractivity contribution is 7.23. The number of thiazole rings is 1. The Bertz CT molecular complexity index is 1040. The third kappa shape index (κ3) is 2.99. The summed E-state index contributed by atoms with van der Waals surface area (Å²) in [5.41, 5.74) is 6.06. The van der Waals surface area contributed by atoms with Crippen LogP contribution in [0.2, 0.25) is 0 Å². The number of hydrogen-bond acceptors (Lipinski definition) is 3. The van der Waals surface area contributed by atoms with Crippen LogP contribution >= 0.6 is 11.3 Å². The van der Waals surface area contributed by atoms with Crippen molar-refractivity contribution >= 4 is 26.5 Å². The van der Waals surface area contributed by atoms with Crippen LogP contribution in [0.25, 0.3) is 26.4 Å². The number of fused-ring (bicyclic) bond motifs is 3. The first kappa shape index (κ1) is 17.1. The van der Waals surface area contributed by atoms with E-state index in [1.807, 2.05) is 19.1 Å². The number of benzene rings is 2. The summed E-state index contributed by atoms with van der Waals surface area (Å²) in [5, 5.41) is 0. The van der Waals surface area contributed by atoms with Crippen molar-refractivity contribution in [3.63, 3.8) is 0 Å². The molecule has 134 valence electrons. The number of aryl methyl sites for hydroxylation is 2. The summed E-state index contributed by atoms with van der Waals surface area (Å²) in [6, 6.07) is 15.1. The van der Waals surface area contributed by atoms with Gasteiger partial charge in [0.25, 0.3) is 0 Å². The van der Waals surface area contributed by atoms with Crippen LogP contribution in [0.3, 0.4) is 0 Å². The largest absolute Gasteiger partial charge is 0.494 e. The first-order chi connectivity index (χ1) is 12.7. The molecule has 0 aliphatic carbocycles. The molecule has 4 heteroatoms. The highest BCUT2D eigenvalue weighted by atomic mass is 32.1. The fourth-order valence-corrected chi connectivity index (χ4v) is 4.57. The van der Waals surface area contributed by atoms with Crippen molar-refractivity contribution in [2.45, 2.75) is 40.0 Å². The van der Waals surface area contributed by atoms with Gasteiger partial charge >= 0.3 is 0 Å². The van der Waals surface area contributed by atoms with Crippen molar-refractivity contribution in [1.29, 1.82) is 0 Å². The molecule has 2 aromatic carbocycles. The van der Waals surface area contributed by atoms with Crippen molar-refractivity contribution in [2.24, 2.45) is 0 Å². The van der Waals surface area contributed by atoms with E-state index in [1.165, 1.54) is 34.3 Å². The Hall–Kier alpha value is -2.33. The molecule has 0 fully saturated rings. The molecular formula is C22H24N2OS. The Morgan fingerprint density at radius 3 is 2.62 bits per heavy atom. The minimum Gasteiger partial charge on any atom is -0.494 e. The van der Waals surface area contributed by atoms with Crippen molar-refractivity contribution in [2.75, 3.05) is 6.61 Å². The molecule has 0 N–H and O–H groups in total. The van der Waals surface area contributed by atoms with Crippen LogP contribution in [0.15, 0.2) is 42.5 Å². The number of hydrogen-bond donors (Lipinski definition) is 0. The van der Waals surface area contributed by atoms with E-state index in [-0.39, 0.29) is 0 Å². The van der Waals surface area contributed by atoms with Crippen molar-refractivity contribution in [1.82, 2.24) is 9.38 Å². The van der Waals surface area contributed by atoms with Gasteiger partial charge in [0, 0.05) is 11.3 Å². The highest BCUT2D eigenvalue weighted by Gasteiger charge is 2.15. The first-order valence-electron chi connectivity index (χ1n) is 9.35. The lowest BCUT2D eigenvalue weighted by Gasteiger charge is -2.05. The Kier molecular flexibility index (Phi) is 4.68. The molecule has 0 unspecified atom stereocenters. The molecule has 2 heterocycles. The minimum atomic E-state index is 0.685. The summed E-state index contributed by atoms with van der Waals surface area (Å²) in [6.07, 6.45) is 3.63. The summed E-state index contributed by atoms with van der Waals surface area (Å²) in [5.74, 6) is 0.903. The van der Waals surface area contributed by atoms with E-state index in [9.17, 15) is 0 Å². The zero-order valence-corrected chi connectivity index (χ0v) is 16.4. The van der Waals surface area contributed by atoms with Crippen LogP contribution < -0.4 is 4.74 Å². The number of nitrogens with zero attached hydrogens (tertiary/aromatic N) is 2. The van der Waals surface area contributed by atoms with Gasteiger partial charge in [0.1, 0.15) is 5.75 Å². The number of imidazole rings is 1. The van der Waals surface area contributed by atoms with Gasteiger partial charge in [0.05, 0.1) is 22.5 Å². The smallest absolute Gasteiger partial charge is 0.195 e. The van der Waals surface area contributed by atoms with E-state index in [2.05, 4.69) is 48.6 Å². The molecule has 4 rings (SSSR count). The predicted molar refractivity (Wildman–Crippen MR) is 111 cm³/mol. The van der Waals surface area contributed by atoms with Gasteiger partial charge in [-0.2, -0.15) is 0 Å². The van der Waals surface area contributed by atoms with E-state index in [0.29, 0.717) is 6.61 Å². The van der Waals surface area contributed by atoms with Crippen LogP contribution in [-0.2, 0) is 6.42 Å². The fraction of sp³-hybridized carbons (Fsp3) is 0.318. The molecule has 0 saturated heterocycles. The Balaban J connectivity index is 1.75. The number of unbranched alkanes of at least 4 members (excludes halogenated alkanes) is 1. The molecule has 3 nitrogen and oxygen atoms in total. The standard InChI is InChI=1S/C22H24N2OS/c1-4-6-7-16-8-13-19-20(14-16)26-22-23-21(15(3)24(19)22)17-9-11-18(12-10-17)25-5-2/h8-14H,4-7H2,1-3H3. The molecule has 2 aromatic heterocycles. The zero-order valence-electron chi connectivity index (χ0n) is 15.6. The van der Waals surface area contributed by atoms with Gasteiger partial charge in [0.2, 0.25) is 0 Å². The maximum absolute atomic E-state index is 5.54. The van der Waals surface area contributed by atoms with E-state index in [0.717, 1.165) is 28.4 Å². The molecule has 0 atom stereocenters. The van der Waals surface area contributed by atoms with Crippen LogP contribution in [0, 0.1) is 6.92 Å². The molecular weight excluding hydrogens is 340 g/mol. The summed E-state index contributed by atoms with van der Waals surface area (Å²) in [7, 11) is 0. The molecule has 4 aromatic rings. The van der Waals surface area contributed by atoms with Gasteiger partial charge < -0.3 is 4.74 Å². The van der Waals surface area contributed by atoms with Crippen LogP contribution in [0.1, 0.15) is 37.9 Å². The van der Waals surface area contributed by atoms with E-state index >= 15 is 0 Å². The van der Waals surface area contributed by atoms with Gasteiger partial charge in [-0.3, -0.25) is 4.40 Å². The minimum absolute atomic E-state index is 0.685. The zero-order chi connectivity index (χ0) is 18.1. The molecule has 0 aliphatic heterocycles. The quantitative estimate of drug-likeness (QED) is 0.403. The normalized spacial score (nSPS) is 11.5. The van der Waals surface area contributed by atoms with Crippen LogP contribution in [-0.4, -0.2) is 16.0 Å². The molecule has 0 amide bonds. The molecule has 0 bridgehead atoms.